The molecule has 3 nitrogen and oxygen atoms in total. The van der Waals surface area contributed by atoms with Gasteiger partial charge in [0.15, 0.2) is 0 Å². The van der Waals surface area contributed by atoms with E-state index in [0.29, 0.717) is 0 Å². The maximum atomic E-state index is 3.73. The lowest BCUT2D eigenvalue weighted by atomic mass is 9.99. The fraction of sp³-hybridized carbons (Fsp3) is 0.400. The third-order valence-electron chi connectivity index (χ3n) is 4.90. The number of nitrogens with one attached hydrogen (secondary N) is 1. The van der Waals surface area contributed by atoms with Crippen LogP contribution in [-0.2, 0) is 0 Å². The predicted molar refractivity (Wildman–Crippen MR) is 108 cm³/mol. The first kappa shape index (κ1) is 17.0. The Morgan fingerprint density at radius 1 is 0.792 bits per heavy atom. The Hall–Kier alpha value is -1.81. The molecule has 0 radical (unpaired) electrons. The number of benzene rings is 2. The SMILES string of the molecule is Cc1cc(N(C)C)cc2c1Sc1c(C)c(C)c(N(C)C)c(C)c1N2. The first-order valence-electron chi connectivity index (χ1n) is 8.30. The summed E-state index contributed by atoms with van der Waals surface area (Å²) in [5.74, 6) is 0. The third kappa shape index (κ3) is 2.53. The van der Waals surface area contributed by atoms with Gasteiger partial charge in [-0.15, -0.1) is 0 Å². The molecule has 24 heavy (non-hydrogen) atoms. The van der Waals surface area contributed by atoms with E-state index >= 15 is 0 Å². The Morgan fingerprint density at radius 2 is 1.46 bits per heavy atom. The quantitative estimate of drug-likeness (QED) is 0.685. The Morgan fingerprint density at radius 3 is 2.04 bits per heavy atom. The lowest BCUT2D eigenvalue weighted by molar-refractivity contribution is 1.06. The highest BCUT2D eigenvalue weighted by molar-refractivity contribution is 7.99. The van der Waals surface area contributed by atoms with Crippen molar-refractivity contribution < 1.29 is 0 Å². The predicted octanol–water partition coefficient (Wildman–Crippen LogP) is 5.26. The fourth-order valence-corrected chi connectivity index (χ4v) is 4.79. The van der Waals surface area contributed by atoms with Crippen molar-refractivity contribution in [3.8, 4) is 0 Å². The molecule has 3 rings (SSSR count). The summed E-state index contributed by atoms with van der Waals surface area (Å²) in [6.07, 6.45) is 0. The van der Waals surface area contributed by atoms with Gasteiger partial charge >= 0.3 is 0 Å². The number of fused-ring (bicyclic) bond motifs is 2. The number of nitrogens with zero attached hydrogens (tertiary/aromatic N) is 2. The zero-order valence-corrected chi connectivity index (χ0v) is 16.8. The van der Waals surface area contributed by atoms with Crippen molar-refractivity contribution in [2.24, 2.45) is 0 Å². The van der Waals surface area contributed by atoms with Crippen LogP contribution in [0.25, 0.3) is 0 Å². The van der Waals surface area contributed by atoms with Crippen molar-refractivity contribution in [1.82, 2.24) is 0 Å². The summed E-state index contributed by atoms with van der Waals surface area (Å²) in [5, 5.41) is 3.73. The van der Waals surface area contributed by atoms with Gasteiger partial charge in [0.05, 0.1) is 11.4 Å². The molecule has 0 bridgehead atoms. The number of rotatable bonds is 2. The summed E-state index contributed by atoms with van der Waals surface area (Å²) in [6.45, 7) is 8.90. The minimum Gasteiger partial charge on any atom is -0.378 e. The molecule has 0 atom stereocenters. The monoisotopic (exact) mass is 341 g/mol. The Balaban J connectivity index is 2.21. The smallest absolute Gasteiger partial charge is 0.0579 e. The second kappa shape index (κ2) is 5.92. The number of hydrogen-bond donors (Lipinski definition) is 1. The van der Waals surface area contributed by atoms with Crippen molar-refractivity contribution in [3.63, 3.8) is 0 Å². The summed E-state index contributed by atoms with van der Waals surface area (Å²) < 4.78 is 0. The van der Waals surface area contributed by atoms with Crippen molar-refractivity contribution in [2.45, 2.75) is 37.5 Å². The van der Waals surface area contributed by atoms with E-state index in [4.69, 9.17) is 0 Å². The van der Waals surface area contributed by atoms with Crippen molar-refractivity contribution >= 4 is 34.5 Å². The molecule has 0 saturated heterocycles. The van der Waals surface area contributed by atoms with Gasteiger partial charge in [0, 0.05) is 49.4 Å². The highest BCUT2D eigenvalue weighted by atomic mass is 32.2. The van der Waals surface area contributed by atoms with Crippen molar-refractivity contribution in [1.29, 1.82) is 0 Å². The first-order chi connectivity index (χ1) is 11.2. The number of hydrogen-bond acceptors (Lipinski definition) is 4. The lowest BCUT2D eigenvalue weighted by Gasteiger charge is -2.31. The maximum absolute atomic E-state index is 3.73. The molecule has 1 aliphatic heterocycles. The van der Waals surface area contributed by atoms with Crippen LogP contribution in [0.4, 0.5) is 22.7 Å². The molecular formula is C20H27N3S. The van der Waals surface area contributed by atoms with Crippen LogP contribution in [0.2, 0.25) is 0 Å². The minimum absolute atomic E-state index is 1.22. The maximum Gasteiger partial charge on any atom is 0.0579 e. The molecule has 0 fully saturated rings. The third-order valence-corrected chi connectivity index (χ3v) is 6.36. The molecule has 0 saturated carbocycles. The molecule has 0 amide bonds. The standard InChI is InChI=1S/C20H27N3S/c1-11-9-15(22(5)6)10-16-19(11)24-20-13(3)12(2)18(23(7)8)14(4)17(20)21-16/h9-10,21H,1-8H3. The van der Waals surface area contributed by atoms with E-state index in [1.54, 1.807) is 0 Å². The van der Waals surface area contributed by atoms with Gasteiger partial charge in [-0.2, -0.15) is 0 Å². The molecule has 1 aliphatic rings. The fourth-order valence-electron chi connectivity index (χ4n) is 3.53. The molecule has 2 aromatic rings. The molecule has 2 aromatic carbocycles. The van der Waals surface area contributed by atoms with Gasteiger partial charge < -0.3 is 15.1 Å². The highest BCUT2D eigenvalue weighted by Gasteiger charge is 2.25. The van der Waals surface area contributed by atoms with Crippen LogP contribution in [0.15, 0.2) is 21.9 Å². The van der Waals surface area contributed by atoms with Crippen LogP contribution in [0, 0.1) is 27.7 Å². The number of aryl methyl sites for hydroxylation is 1. The molecular weight excluding hydrogens is 314 g/mol. The average Bonchev–Trinajstić information content (AvgIpc) is 2.51. The van der Waals surface area contributed by atoms with E-state index in [0.717, 1.165) is 0 Å². The van der Waals surface area contributed by atoms with Gasteiger partial charge in [-0.25, -0.2) is 0 Å². The van der Waals surface area contributed by atoms with E-state index in [2.05, 4.69) is 83.1 Å². The lowest BCUT2D eigenvalue weighted by Crippen LogP contribution is -2.16. The Labute approximate surface area is 150 Å². The molecule has 128 valence electrons. The average molecular weight is 342 g/mol. The van der Waals surface area contributed by atoms with E-state index < -0.39 is 0 Å². The largest absolute Gasteiger partial charge is 0.378 e. The van der Waals surface area contributed by atoms with Gasteiger partial charge in [-0.1, -0.05) is 11.8 Å². The van der Waals surface area contributed by atoms with Gasteiger partial charge in [-0.3, -0.25) is 0 Å². The number of anilines is 4. The Bertz CT molecular complexity index is 823. The molecule has 0 spiro atoms. The molecule has 0 unspecified atom stereocenters. The molecule has 0 aliphatic carbocycles. The summed E-state index contributed by atoms with van der Waals surface area (Å²) >= 11 is 1.91. The van der Waals surface area contributed by atoms with Gasteiger partial charge in [-0.05, 0) is 62.1 Å². The first-order valence-corrected chi connectivity index (χ1v) is 9.12. The minimum atomic E-state index is 1.22. The summed E-state index contributed by atoms with van der Waals surface area (Å²) in [6, 6.07) is 4.52. The van der Waals surface area contributed by atoms with Gasteiger partial charge in [0.1, 0.15) is 0 Å². The Kier molecular flexibility index (Phi) is 4.20. The second-order valence-corrected chi connectivity index (χ2v) is 8.10. The molecule has 0 aromatic heterocycles. The highest BCUT2D eigenvalue weighted by Crippen LogP contribution is 2.52. The van der Waals surface area contributed by atoms with Crippen molar-refractivity contribution in [3.05, 3.63) is 34.4 Å². The van der Waals surface area contributed by atoms with Gasteiger partial charge in [0.25, 0.3) is 0 Å². The molecule has 1 heterocycles. The summed E-state index contributed by atoms with van der Waals surface area (Å²) in [7, 11) is 8.43. The second-order valence-electron chi connectivity index (χ2n) is 7.08. The van der Waals surface area contributed by atoms with Crippen LogP contribution >= 0.6 is 11.8 Å². The van der Waals surface area contributed by atoms with E-state index in [1.807, 2.05) is 11.8 Å². The van der Waals surface area contributed by atoms with Crippen LogP contribution in [0.5, 0.6) is 0 Å². The summed E-state index contributed by atoms with van der Waals surface area (Å²) in [5.41, 5.74) is 10.4. The summed E-state index contributed by atoms with van der Waals surface area (Å²) in [4.78, 5) is 7.09. The normalized spacial score (nSPS) is 12.3. The molecule has 4 heteroatoms. The van der Waals surface area contributed by atoms with Crippen molar-refractivity contribution in [2.75, 3.05) is 43.3 Å². The van der Waals surface area contributed by atoms with E-state index in [9.17, 15) is 0 Å². The zero-order valence-electron chi connectivity index (χ0n) is 16.0. The van der Waals surface area contributed by atoms with Crippen LogP contribution < -0.4 is 15.1 Å². The van der Waals surface area contributed by atoms with Gasteiger partial charge in [0.2, 0.25) is 0 Å². The van der Waals surface area contributed by atoms with Crippen LogP contribution in [0.1, 0.15) is 22.3 Å². The van der Waals surface area contributed by atoms with E-state index in [1.165, 1.54) is 54.8 Å². The topological polar surface area (TPSA) is 18.5 Å². The van der Waals surface area contributed by atoms with Crippen LogP contribution in [-0.4, -0.2) is 28.2 Å². The van der Waals surface area contributed by atoms with E-state index in [-0.39, 0.29) is 0 Å². The van der Waals surface area contributed by atoms with Crippen LogP contribution in [0.3, 0.4) is 0 Å². The zero-order chi connectivity index (χ0) is 17.8. The molecule has 1 N–H and O–H groups in total.